The van der Waals surface area contributed by atoms with Crippen LogP contribution in [-0.2, 0) is 0 Å². The zero-order chi connectivity index (χ0) is 12.8. The van der Waals surface area contributed by atoms with E-state index in [1.807, 2.05) is 6.07 Å². The number of nitrogens with zero attached hydrogens (tertiary/aromatic N) is 3. The van der Waals surface area contributed by atoms with Crippen molar-refractivity contribution < 1.29 is 4.79 Å². The molecule has 0 amide bonds. The van der Waals surface area contributed by atoms with Gasteiger partial charge in [-0.25, -0.2) is 4.98 Å². The van der Waals surface area contributed by atoms with Crippen LogP contribution in [0.3, 0.4) is 0 Å². The Labute approximate surface area is 107 Å². The van der Waals surface area contributed by atoms with Crippen molar-refractivity contribution in [2.75, 3.05) is 5.32 Å². The van der Waals surface area contributed by atoms with Crippen LogP contribution in [0.5, 0.6) is 0 Å². The number of hydrogen-bond acceptors (Lipinski definition) is 6. The van der Waals surface area contributed by atoms with E-state index in [-0.39, 0.29) is 11.4 Å². The molecule has 18 heavy (non-hydrogen) atoms. The first-order valence-electron chi connectivity index (χ1n) is 5.02. The van der Waals surface area contributed by atoms with Gasteiger partial charge in [0, 0.05) is 18.6 Å². The highest BCUT2D eigenvalue weighted by molar-refractivity contribution is 7.12. The molecule has 2 heterocycles. The fourth-order valence-electron chi connectivity index (χ4n) is 1.21. The zero-order valence-corrected chi connectivity index (χ0v) is 10.0. The summed E-state index contributed by atoms with van der Waals surface area (Å²) in [6, 6.07) is 5.32. The van der Waals surface area contributed by atoms with Gasteiger partial charge in [0.15, 0.2) is 0 Å². The number of thiophene rings is 1. The molecule has 6 heteroatoms. The van der Waals surface area contributed by atoms with Crippen LogP contribution in [0.25, 0.3) is 0 Å². The average molecular weight is 256 g/mol. The number of rotatable bonds is 4. The summed E-state index contributed by atoms with van der Waals surface area (Å²) in [5, 5.41) is 13.5. The maximum absolute atomic E-state index is 11.9. The Morgan fingerprint density at radius 3 is 3.00 bits per heavy atom. The second kappa shape index (κ2) is 5.70. The molecule has 2 aromatic heterocycles. The van der Waals surface area contributed by atoms with E-state index in [4.69, 9.17) is 5.26 Å². The molecule has 0 bridgehead atoms. The Bertz CT molecular complexity index is 599. The molecule has 0 aliphatic rings. The van der Waals surface area contributed by atoms with Crippen LogP contribution in [0.2, 0.25) is 0 Å². The van der Waals surface area contributed by atoms with Crippen LogP contribution in [-0.4, -0.2) is 15.8 Å². The van der Waals surface area contributed by atoms with E-state index >= 15 is 0 Å². The van der Waals surface area contributed by atoms with Crippen molar-refractivity contribution in [2.45, 2.75) is 0 Å². The molecule has 0 saturated heterocycles. The second-order valence-corrected chi connectivity index (χ2v) is 4.16. The molecule has 1 N–H and O–H groups in total. The molecule has 0 aliphatic carbocycles. The molecule has 0 atom stereocenters. The van der Waals surface area contributed by atoms with Gasteiger partial charge in [-0.15, -0.1) is 11.3 Å². The van der Waals surface area contributed by atoms with Gasteiger partial charge in [-0.3, -0.25) is 9.78 Å². The van der Waals surface area contributed by atoms with Crippen LogP contribution in [0.4, 0.5) is 5.82 Å². The van der Waals surface area contributed by atoms with E-state index in [1.54, 1.807) is 17.5 Å². The molecule has 0 unspecified atom stereocenters. The Morgan fingerprint density at radius 2 is 2.39 bits per heavy atom. The number of aromatic nitrogens is 2. The third-order valence-corrected chi connectivity index (χ3v) is 2.91. The van der Waals surface area contributed by atoms with E-state index in [0.29, 0.717) is 10.7 Å². The van der Waals surface area contributed by atoms with Crippen molar-refractivity contribution in [1.82, 2.24) is 9.97 Å². The van der Waals surface area contributed by atoms with Crippen molar-refractivity contribution in [1.29, 1.82) is 5.26 Å². The SMILES string of the molecule is N#C/C(=C/Nc1cnccn1)C(=O)c1cccs1. The first kappa shape index (κ1) is 12.0. The fraction of sp³-hybridized carbons (Fsp3) is 0. The lowest BCUT2D eigenvalue weighted by Crippen LogP contribution is -2.02. The molecule has 0 saturated carbocycles. The van der Waals surface area contributed by atoms with Crippen molar-refractivity contribution in [2.24, 2.45) is 0 Å². The normalized spacial score (nSPS) is 10.7. The van der Waals surface area contributed by atoms with Crippen LogP contribution in [0, 0.1) is 11.3 Å². The minimum Gasteiger partial charge on any atom is -0.344 e. The van der Waals surface area contributed by atoms with E-state index in [0.717, 1.165) is 0 Å². The molecule has 5 nitrogen and oxygen atoms in total. The Balaban J connectivity index is 2.15. The minimum absolute atomic E-state index is 0.0307. The van der Waals surface area contributed by atoms with Gasteiger partial charge in [-0.2, -0.15) is 5.26 Å². The van der Waals surface area contributed by atoms with E-state index in [2.05, 4.69) is 15.3 Å². The number of Topliss-reactive ketones (excluding diaryl/α,β-unsaturated/α-hetero) is 1. The average Bonchev–Trinajstić information content (AvgIpc) is 2.94. The van der Waals surface area contributed by atoms with Crippen molar-refractivity contribution in [3.05, 3.63) is 52.8 Å². The number of nitrogens with one attached hydrogen (secondary N) is 1. The second-order valence-electron chi connectivity index (χ2n) is 3.21. The van der Waals surface area contributed by atoms with Gasteiger partial charge in [-0.05, 0) is 11.4 Å². The van der Waals surface area contributed by atoms with E-state index in [1.165, 1.54) is 36.1 Å². The number of nitriles is 1. The monoisotopic (exact) mass is 256 g/mol. The third-order valence-electron chi connectivity index (χ3n) is 2.04. The lowest BCUT2D eigenvalue weighted by atomic mass is 10.2. The maximum atomic E-state index is 11.9. The van der Waals surface area contributed by atoms with Crippen molar-refractivity contribution in [3.8, 4) is 6.07 Å². The zero-order valence-electron chi connectivity index (χ0n) is 9.20. The Morgan fingerprint density at radius 1 is 1.50 bits per heavy atom. The largest absolute Gasteiger partial charge is 0.344 e. The summed E-state index contributed by atoms with van der Waals surface area (Å²) in [4.78, 5) is 20.3. The molecule has 0 fully saturated rings. The number of hydrogen-bond donors (Lipinski definition) is 1. The molecule has 2 rings (SSSR count). The van der Waals surface area contributed by atoms with E-state index < -0.39 is 0 Å². The molecule has 0 aromatic carbocycles. The number of ketones is 1. The molecular weight excluding hydrogens is 248 g/mol. The summed E-state index contributed by atoms with van der Waals surface area (Å²) < 4.78 is 0. The smallest absolute Gasteiger partial charge is 0.214 e. The molecular formula is C12H8N4OS. The number of carbonyl (C=O) groups is 1. The molecule has 2 aromatic rings. The lowest BCUT2D eigenvalue weighted by molar-refractivity contribution is 0.104. The quantitative estimate of drug-likeness (QED) is 0.515. The van der Waals surface area contributed by atoms with Crippen LogP contribution < -0.4 is 5.32 Å². The first-order valence-corrected chi connectivity index (χ1v) is 5.90. The predicted octanol–water partition coefficient (Wildman–Crippen LogP) is 2.24. The van der Waals surface area contributed by atoms with Gasteiger partial charge >= 0.3 is 0 Å². The number of anilines is 1. The molecule has 0 radical (unpaired) electrons. The van der Waals surface area contributed by atoms with E-state index in [9.17, 15) is 4.79 Å². The first-order chi connectivity index (χ1) is 8.81. The van der Waals surface area contributed by atoms with Gasteiger partial charge in [0.1, 0.15) is 17.5 Å². The van der Waals surface area contributed by atoms with Gasteiger partial charge in [-0.1, -0.05) is 6.07 Å². The molecule has 0 aliphatic heterocycles. The highest BCUT2D eigenvalue weighted by Gasteiger charge is 2.12. The van der Waals surface area contributed by atoms with Crippen LogP contribution in [0.15, 0.2) is 47.9 Å². The molecule has 0 spiro atoms. The lowest BCUT2D eigenvalue weighted by Gasteiger charge is -1.99. The van der Waals surface area contributed by atoms with Gasteiger partial charge in [0.25, 0.3) is 0 Å². The standard InChI is InChI=1S/C12H8N4OS/c13-6-9(12(17)10-2-1-5-18-10)7-16-11-8-14-3-4-15-11/h1-5,7-8H,(H,15,16)/b9-7-. The topological polar surface area (TPSA) is 78.7 Å². The maximum Gasteiger partial charge on any atom is 0.214 e. The van der Waals surface area contributed by atoms with Gasteiger partial charge in [0.05, 0.1) is 11.1 Å². The highest BCUT2D eigenvalue weighted by Crippen LogP contribution is 2.14. The fourth-order valence-corrected chi connectivity index (χ4v) is 1.89. The summed E-state index contributed by atoms with van der Waals surface area (Å²) in [5.41, 5.74) is 0.0307. The Kier molecular flexibility index (Phi) is 3.79. The predicted molar refractivity (Wildman–Crippen MR) is 68.0 cm³/mol. The highest BCUT2D eigenvalue weighted by atomic mass is 32.1. The summed E-state index contributed by atoms with van der Waals surface area (Å²) in [5.74, 6) is 0.174. The summed E-state index contributed by atoms with van der Waals surface area (Å²) >= 11 is 1.30. The third kappa shape index (κ3) is 2.78. The Hall–Kier alpha value is -2.52. The van der Waals surface area contributed by atoms with Crippen LogP contribution in [0.1, 0.15) is 9.67 Å². The summed E-state index contributed by atoms with van der Waals surface area (Å²) in [6.07, 6.45) is 5.90. The van der Waals surface area contributed by atoms with Crippen molar-refractivity contribution in [3.63, 3.8) is 0 Å². The summed E-state index contributed by atoms with van der Waals surface area (Å²) in [6.45, 7) is 0. The van der Waals surface area contributed by atoms with Crippen molar-refractivity contribution >= 4 is 22.9 Å². The number of carbonyl (C=O) groups excluding carboxylic acids is 1. The molecule has 88 valence electrons. The minimum atomic E-state index is -0.302. The summed E-state index contributed by atoms with van der Waals surface area (Å²) in [7, 11) is 0. The van der Waals surface area contributed by atoms with Gasteiger partial charge < -0.3 is 5.32 Å². The van der Waals surface area contributed by atoms with Crippen LogP contribution >= 0.6 is 11.3 Å². The number of allylic oxidation sites excluding steroid dienone is 1. The van der Waals surface area contributed by atoms with Gasteiger partial charge in [0.2, 0.25) is 5.78 Å².